The van der Waals surface area contributed by atoms with Crippen molar-refractivity contribution in [3.05, 3.63) is 24.3 Å². The molecule has 2 heterocycles. The van der Waals surface area contributed by atoms with Gasteiger partial charge in [-0.2, -0.15) is 0 Å². The second-order valence-corrected chi connectivity index (χ2v) is 4.22. The Morgan fingerprint density at radius 1 is 1.44 bits per heavy atom. The fourth-order valence-corrected chi connectivity index (χ4v) is 2.06. The number of carbonyl (C=O) groups is 2. The van der Waals surface area contributed by atoms with Gasteiger partial charge >= 0.3 is 0 Å². The van der Waals surface area contributed by atoms with Crippen LogP contribution in [0.2, 0.25) is 0 Å². The standard InChI is InChI=1S/C12H14FN3O2/c1-3-10-11(17)15-7(2)12(18)16(10)9-4-8(13)5-14-6-9/h4-7,10H,3H2,1-2H3,(H,15,17). The van der Waals surface area contributed by atoms with Crippen LogP contribution >= 0.6 is 0 Å². The smallest absolute Gasteiger partial charge is 0.250 e. The summed E-state index contributed by atoms with van der Waals surface area (Å²) in [5.74, 6) is -1.02. The summed E-state index contributed by atoms with van der Waals surface area (Å²) in [7, 11) is 0. The van der Waals surface area contributed by atoms with Crippen LogP contribution in [0.4, 0.5) is 10.1 Å². The lowest BCUT2D eigenvalue weighted by atomic mass is 10.1. The lowest BCUT2D eigenvalue weighted by Crippen LogP contribution is -2.62. The average Bonchev–Trinajstić information content (AvgIpc) is 2.33. The summed E-state index contributed by atoms with van der Waals surface area (Å²) in [5, 5.41) is 2.60. The molecular formula is C12H14FN3O2. The SMILES string of the molecule is CCC1C(=O)NC(C)C(=O)N1c1cncc(F)c1. The molecule has 0 saturated carbocycles. The molecule has 96 valence electrons. The minimum Gasteiger partial charge on any atom is -0.343 e. The molecule has 0 aliphatic carbocycles. The third kappa shape index (κ3) is 2.05. The Morgan fingerprint density at radius 2 is 2.17 bits per heavy atom. The Morgan fingerprint density at radius 3 is 2.78 bits per heavy atom. The number of rotatable bonds is 2. The molecule has 2 unspecified atom stereocenters. The van der Waals surface area contributed by atoms with Gasteiger partial charge in [0.05, 0.1) is 18.1 Å². The van der Waals surface area contributed by atoms with E-state index >= 15 is 0 Å². The van der Waals surface area contributed by atoms with E-state index in [4.69, 9.17) is 0 Å². The maximum Gasteiger partial charge on any atom is 0.250 e. The van der Waals surface area contributed by atoms with Gasteiger partial charge in [-0.15, -0.1) is 0 Å². The van der Waals surface area contributed by atoms with Crippen molar-refractivity contribution in [3.8, 4) is 0 Å². The Balaban J connectivity index is 2.43. The minimum atomic E-state index is -0.614. The van der Waals surface area contributed by atoms with E-state index in [1.54, 1.807) is 13.8 Å². The highest BCUT2D eigenvalue weighted by molar-refractivity contribution is 6.08. The highest BCUT2D eigenvalue weighted by atomic mass is 19.1. The molecule has 1 aromatic rings. The predicted molar refractivity (Wildman–Crippen MR) is 63.4 cm³/mol. The maximum atomic E-state index is 13.2. The lowest BCUT2D eigenvalue weighted by molar-refractivity contribution is -0.133. The van der Waals surface area contributed by atoms with E-state index in [9.17, 15) is 14.0 Å². The van der Waals surface area contributed by atoms with Crippen molar-refractivity contribution in [1.82, 2.24) is 10.3 Å². The number of amides is 2. The normalized spacial score (nSPS) is 24.1. The molecule has 2 atom stereocenters. The molecule has 0 bridgehead atoms. The van der Waals surface area contributed by atoms with Gasteiger partial charge in [0, 0.05) is 6.07 Å². The minimum absolute atomic E-state index is 0.228. The summed E-state index contributed by atoms with van der Waals surface area (Å²) in [6.07, 6.45) is 2.90. The zero-order chi connectivity index (χ0) is 13.3. The number of pyridine rings is 1. The summed E-state index contributed by atoms with van der Waals surface area (Å²) in [5.41, 5.74) is 0.313. The third-order valence-corrected chi connectivity index (χ3v) is 2.94. The number of nitrogens with one attached hydrogen (secondary N) is 1. The van der Waals surface area contributed by atoms with E-state index in [2.05, 4.69) is 10.3 Å². The van der Waals surface area contributed by atoms with Gasteiger partial charge in [-0.25, -0.2) is 4.39 Å². The molecule has 0 aromatic carbocycles. The Labute approximate surface area is 104 Å². The molecule has 18 heavy (non-hydrogen) atoms. The van der Waals surface area contributed by atoms with Gasteiger partial charge in [0.2, 0.25) is 11.8 Å². The van der Waals surface area contributed by atoms with Gasteiger partial charge in [-0.3, -0.25) is 19.5 Å². The molecule has 6 heteroatoms. The van der Waals surface area contributed by atoms with Crippen LogP contribution < -0.4 is 10.2 Å². The topological polar surface area (TPSA) is 62.3 Å². The van der Waals surface area contributed by atoms with Crippen LogP contribution in [-0.4, -0.2) is 28.9 Å². The Hall–Kier alpha value is -1.98. The van der Waals surface area contributed by atoms with Crippen LogP contribution in [0.1, 0.15) is 20.3 Å². The van der Waals surface area contributed by atoms with Crippen molar-refractivity contribution in [3.63, 3.8) is 0 Å². The summed E-state index contributed by atoms with van der Waals surface area (Å²) in [4.78, 5) is 29.0. The monoisotopic (exact) mass is 251 g/mol. The number of carbonyl (C=O) groups excluding carboxylic acids is 2. The number of anilines is 1. The molecule has 1 aliphatic rings. The number of hydrogen-bond donors (Lipinski definition) is 1. The summed E-state index contributed by atoms with van der Waals surface area (Å²) in [6, 6.07) is -0.0142. The van der Waals surface area contributed by atoms with Crippen molar-refractivity contribution < 1.29 is 14.0 Å². The quantitative estimate of drug-likeness (QED) is 0.847. The molecule has 1 aliphatic heterocycles. The highest BCUT2D eigenvalue weighted by Gasteiger charge is 2.38. The summed E-state index contributed by atoms with van der Waals surface area (Å²) in [6.45, 7) is 3.40. The van der Waals surface area contributed by atoms with Gasteiger partial charge in [-0.1, -0.05) is 6.92 Å². The molecule has 0 radical (unpaired) electrons. The van der Waals surface area contributed by atoms with Crippen molar-refractivity contribution >= 4 is 17.5 Å². The molecule has 1 fully saturated rings. The number of hydrogen-bond acceptors (Lipinski definition) is 3. The van der Waals surface area contributed by atoms with E-state index in [0.29, 0.717) is 12.1 Å². The second-order valence-electron chi connectivity index (χ2n) is 4.22. The first-order valence-electron chi connectivity index (χ1n) is 5.78. The van der Waals surface area contributed by atoms with Crippen LogP contribution in [0.3, 0.4) is 0 Å². The first-order valence-corrected chi connectivity index (χ1v) is 5.78. The summed E-state index contributed by atoms with van der Waals surface area (Å²) < 4.78 is 13.2. The number of piperazine rings is 1. The Bertz CT molecular complexity index is 492. The molecule has 1 aromatic heterocycles. The number of halogens is 1. The first kappa shape index (κ1) is 12.5. The zero-order valence-electron chi connectivity index (χ0n) is 10.2. The molecule has 0 spiro atoms. The van der Waals surface area contributed by atoms with Crippen molar-refractivity contribution in [1.29, 1.82) is 0 Å². The van der Waals surface area contributed by atoms with Gasteiger partial charge in [-0.05, 0) is 13.3 Å². The van der Waals surface area contributed by atoms with Gasteiger partial charge in [0.25, 0.3) is 0 Å². The van der Waals surface area contributed by atoms with E-state index < -0.39 is 17.9 Å². The lowest BCUT2D eigenvalue weighted by Gasteiger charge is -2.37. The van der Waals surface area contributed by atoms with Gasteiger partial charge in [0.1, 0.15) is 17.9 Å². The van der Waals surface area contributed by atoms with Crippen LogP contribution in [0.15, 0.2) is 18.5 Å². The zero-order valence-corrected chi connectivity index (χ0v) is 10.2. The van der Waals surface area contributed by atoms with Crippen LogP contribution in [0, 0.1) is 5.82 Å². The van der Waals surface area contributed by atoms with E-state index in [0.717, 1.165) is 6.20 Å². The molecular weight excluding hydrogens is 237 g/mol. The van der Waals surface area contributed by atoms with Crippen molar-refractivity contribution in [2.24, 2.45) is 0 Å². The fourth-order valence-electron chi connectivity index (χ4n) is 2.06. The first-order chi connectivity index (χ1) is 8.54. The van der Waals surface area contributed by atoms with E-state index in [1.807, 2.05) is 0 Å². The molecule has 2 rings (SSSR count). The van der Waals surface area contributed by atoms with E-state index in [-0.39, 0.29) is 11.8 Å². The molecule has 2 amide bonds. The summed E-state index contributed by atoms with van der Waals surface area (Å²) >= 11 is 0. The van der Waals surface area contributed by atoms with E-state index in [1.165, 1.54) is 17.2 Å². The predicted octanol–water partition coefficient (Wildman–Crippen LogP) is 0.851. The molecule has 1 N–H and O–H groups in total. The second kappa shape index (κ2) is 4.72. The van der Waals surface area contributed by atoms with Crippen LogP contribution in [0.5, 0.6) is 0 Å². The number of aromatic nitrogens is 1. The van der Waals surface area contributed by atoms with Gasteiger partial charge < -0.3 is 5.32 Å². The van der Waals surface area contributed by atoms with Gasteiger partial charge in [0.15, 0.2) is 0 Å². The largest absolute Gasteiger partial charge is 0.343 e. The van der Waals surface area contributed by atoms with Crippen LogP contribution in [0.25, 0.3) is 0 Å². The van der Waals surface area contributed by atoms with Crippen molar-refractivity contribution in [2.75, 3.05) is 4.90 Å². The van der Waals surface area contributed by atoms with Crippen LogP contribution in [-0.2, 0) is 9.59 Å². The Kier molecular flexibility index (Phi) is 3.27. The average molecular weight is 251 g/mol. The maximum absolute atomic E-state index is 13.2. The number of nitrogens with zero attached hydrogens (tertiary/aromatic N) is 2. The third-order valence-electron chi connectivity index (χ3n) is 2.94. The highest BCUT2D eigenvalue weighted by Crippen LogP contribution is 2.22. The van der Waals surface area contributed by atoms with Crippen molar-refractivity contribution in [2.45, 2.75) is 32.4 Å². The molecule has 5 nitrogen and oxygen atoms in total. The molecule has 1 saturated heterocycles. The fraction of sp³-hybridized carbons (Fsp3) is 0.417.